The van der Waals surface area contributed by atoms with E-state index in [9.17, 15) is 5.11 Å². The number of aliphatic hydroxyl groups excluding tert-OH is 1. The number of phosphoric acid groups is 2. The molecular formula is C27H46Ca3O9P2. The van der Waals surface area contributed by atoms with Crippen LogP contribution in [0.25, 0.3) is 0 Å². The van der Waals surface area contributed by atoms with Gasteiger partial charge in [0.05, 0.1) is 6.10 Å². The first-order chi connectivity index (χ1) is 17.3. The van der Waals surface area contributed by atoms with Gasteiger partial charge in [-0.25, -0.2) is 0 Å². The first-order valence-electron chi connectivity index (χ1n) is 14.1. The molecule has 4 aliphatic carbocycles. The number of hydrogen-bond donors (Lipinski definition) is 1. The van der Waals surface area contributed by atoms with Crippen molar-refractivity contribution in [2.45, 2.75) is 111 Å². The summed E-state index contributed by atoms with van der Waals surface area (Å²) in [6, 6.07) is 0. The molecule has 0 saturated heterocycles. The van der Waals surface area contributed by atoms with E-state index in [1.54, 1.807) is 5.57 Å². The maximum atomic E-state index is 10.2. The van der Waals surface area contributed by atoms with Crippen molar-refractivity contribution in [3.63, 3.8) is 0 Å². The predicted octanol–water partition coefficient (Wildman–Crippen LogP) is 0.597. The SMILES string of the molecule is CC(C)CCC[C@@H](C)[C@H]1CC[C@H]2[C@@H]3CC=C4C[C@@H](O)CC[C@]4(C)[C@H]3CC[C@]12C.O=P([O-])([O-])[O-].O=P([O-])([O-])[O-].[Ca+2].[Ca+2].[Ca+2]. The van der Waals surface area contributed by atoms with Crippen molar-refractivity contribution in [3.05, 3.63) is 11.6 Å². The van der Waals surface area contributed by atoms with Crippen LogP contribution in [0.2, 0.25) is 0 Å². The molecule has 0 radical (unpaired) electrons. The van der Waals surface area contributed by atoms with Crippen LogP contribution in [0.1, 0.15) is 105 Å². The Morgan fingerprint density at radius 1 is 0.854 bits per heavy atom. The van der Waals surface area contributed by atoms with Crippen LogP contribution >= 0.6 is 15.6 Å². The van der Waals surface area contributed by atoms with E-state index >= 15 is 0 Å². The minimum atomic E-state index is -5.39. The molecule has 1 N–H and O–H groups in total. The van der Waals surface area contributed by atoms with Gasteiger partial charge in [0.15, 0.2) is 0 Å². The molecule has 224 valence electrons. The van der Waals surface area contributed by atoms with E-state index < -0.39 is 15.6 Å². The predicted molar refractivity (Wildman–Crippen MR) is 152 cm³/mol. The van der Waals surface area contributed by atoms with E-state index in [-0.39, 0.29) is 119 Å². The van der Waals surface area contributed by atoms with E-state index in [0.29, 0.717) is 10.8 Å². The zero-order chi connectivity index (χ0) is 29.1. The number of aliphatic hydroxyl groups is 1. The van der Waals surface area contributed by atoms with Gasteiger partial charge in [-0.3, -0.25) is 0 Å². The van der Waals surface area contributed by atoms with Crippen LogP contribution in [0.3, 0.4) is 0 Å². The van der Waals surface area contributed by atoms with Crippen LogP contribution < -0.4 is 29.4 Å². The van der Waals surface area contributed by atoms with Gasteiger partial charge in [0.25, 0.3) is 0 Å². The summed E-state index contributed by atoms with van der Waals surface area (Å²) in [5.74, 6) is 5.46. The Balaban J connectivity index is 0. The summed E-state index contributed by atoms with van der Waals surface area (Å²) >= 11 is 0. The van der Waals surface area contributed by atoms with Crippen LogP contribution in [0.5, 0.6) is 0 Å². The Kier molecular flexibility index (Phi) is 22.4. The second-order valence-corrected chi connectivity index (χ2v) is 14.9. The van der Waals surface area contributed by atoms with Gasteiger partial charge in [-0.05, 0) is 97.7 Å². The maximum Gasteiger partial charge on any atom is 2.00 e. The largest absolute Gasteiger partial charge is 2.00 e. The zero-order valence-corrected chi connectivity index (χ0v) is 34.0. The second kappa shape index (κ2) is 19.6. The van der Waals surface area contributed by atoms with Crippen LogP contribution in [0, 0.1) is 46.3 Å². The van der Waals surface area contributed by atoms with Gasteiger partial charge in [0.2, 0.25) is 0 Å². The fourth-order valence-corrected chi connectivity index (χ4v) is 8.67. The molecule has 3 fully saturated rings. The molecule has 0 aliphatic heterocycles. The van der Waals surface area contributed by atoms with Gasteiger partial charge < -0.3 is 43.6 Å². The molecule has 0 amide bonds. The fraction of sp³-hybridized carbons (Fsp3) is 0.926. The maximum absolute atomic E-state index is 10.2. The third-order valence-electron chi connectivity index (χ3n) is 10.3. The van der Waals surface area contributed by atoms with Crippen LogP contribution in [-0.4, -0.2) is 124 Å². The standard InChI is InChI=1S/C27H46O.3Ca.2H3O4P/c1-18(2)7-6-8-19(3)23-11-12-24-22-10-9-20-17-21(28)13-15-26(20,4)25(22)14-16-27(23,24)5;;;;2*1-5(2,3)4/h9,18-19,21-25,28H,6-8,10-17H2,1-5H3;;;;2*(H3,1,2,3,4)/q;3*+2;;/p-6/t19-,21+,22+,23-,24+,25+,26+,27-;;;;;/m1...../s1. The molecule has 3 saturated carbocycles. The van der Waals surface area contributed by atoms with E-state index in [2.05, 4.69) is 40.7 Å². The Hall–Kier alpha value is 3.70. The van der Waals surface area contributed by atoms with Crippen LogP contribution in [-0.2, 0) is 9.13 Å². The molecule has 0 spiro atoms. The van der Waals surface area contributed by atoms with Crippen molar-refractivity contribution in [1.29, 1.82) is 0 Å². The third kappa shape index (κ3) is 14.8. The average molecular weight is 697 g/mol. The summed E-state index contributed by atoms with van der Waals surface area (Å²) in [5, 5.41) is 10.2. The Morgan fingerprint density at radius 2 is 1.39 bits per heavy atom. The molecule has 9 nitrogen and oxygen atoms in total. The van der Waals surface area contributed by atoms with E-state index in [1.807, 2.05) is 0 Å². The van der Waals surface area contributed by atoms with Gasteiger partial charge in [0, 0.05) is 0 Å². The molecule has 0 aromatic heterocycles. The third-order valence-corrected chi connectivity index (χ3v) is 10.3. The minimum absolute atomic E-state index is 0. The normalized spacial score (nSPS) is 34.7. The Bertz CT molecular complexity index is 876. The summed E-state index contributed by atoms with van der Waals surface area (Å²) < 4.78 is 17.1. The molecular weight excluding hydrogens is 650 g/mol. The number of allylic oxidation sites excluding steroid dienone is 1. The summed E-state index contributed by atoms with van der Waals surface area (Å²) in [6.45, 7) is 12.6. The molecule has 41 heavy (non-hydrogen) atoms. The fourth-order valence-electron chi connectivity index (χ4n) is 8.67. The number of hydrogen-bond acceptors (Lipinski definition) is 9. The van der Waals surface area contributed by atoms with Gasteiger partial charge in [-0.1, -0.05) is 65.5 Å². The quantitative estimate of drug-likeness (QED) is 0.243. The smallest absolute Gasteiger partial charge is 0.822 e. The van der Waals surface area contributed by atoms with Gasteiger partial charge >= 0.3 is 113 Å². The summed E-state index contributed by atoms with van der Waals surface area (Å²) in [4.78, 5) is 51.3. The zero-order valence-electron chi connectivity index (χ0n) is 25.6. The Morgan fingerprint density at radius 3 is 1.90 bits per heavy atom. The molecule has 0 aromatic carbocycles. The second-order valence-electron chi connectivity index (χ2n) is 13.1. The summed E-state index contributed by atoms with van der Waals surface area (Å²) in [7, 11) is -10.8. The molecule has 14 heteroatoms. The molecule has 0 aromatic rings. The van der Waals surface area contributed by atoms with Crippen molar-refractivity contribution < 1.29 is 43.6 Å². The summed E-state index contributed by atoms with van der Waals surface area (Å²) in [5.41, 5.74) is 2.60. The molecule has 0 unspecified atom stereocenters. The molecule has 4 rings (SSSR count). The molecule has 0 heterocycles. The van der Waals surface area contributed by atoms with Crippen LogP contribution in [0.4, 0.5) is 0 Å². The first kappa shape index (κ1) is 46.8. The monoisotopic (exact) mass is 696 g/mol. The van der Waals surface area contributed by atoms with E-state index in [1.165, 1.54) is 57.8 Å². The van der Waals surface area contributed by atoms with Crippen molar-refractivity contribution in [3.8, 4) is 0 Å². The van der Waals surface area contributed by atoms with Gasteiger partial charge in [-0.15, -0.1) is 0 Å². The van der Waals surface area contributed by atoms with E-state index in [4.69, 9.17) is 38.5 Å². The average Bonchev–Trinajstić information content (AvgIpc) is 3.09. The summed E-state index contributed by atoms with van der Waals surface area (Å²) in [6.07, 6.45) is 17.2. The van der Waals surface area contributed by atoms with Crippen LogP contribution in [0.15, 0.2) is 11.6 Å². The van der Waals surface area contributed by atoms with Gasteiger partial charge in [0.1, 0.15) is 0 Å². The molecule has 0 bridgehead atoms. The first-order valence-corrected chi connectivity index (χ1v) is 17.0. The van der Waals surface area contributed by atoms with Crippen molar-refractivity contribution >= 4 is 129 Å². The topological polar surface area (TPSA) is 193 Å². The van der Waals surface area contributed by atoms with E-state index in [0.717, 1.165) is 48.3 Å². The number of rotatable bonds is 5. The molecule has 8 atom stereocenters. The molecule has 4 aliphatic rings. The Labute approximate surface area is 337 Å². The van der Waals surface area contributed by atoms with Crippen molar-refractivity contribution in [2.75, 3.05) is 0 Å². The van der Waals surface area contributed by atoms with Crippen molar-refractivity contribution in [1.82, 2.24) is 0 Å². The number of fused-ring (bicyclic) bond motifs is 5. The van der Waals surface area contributed by atoms with Crippen molar-refractivity contribution in [2.24, 2.45) is 46.3 Å². The minimum Gasteiger partial charge on any atom is -0.822 e. The van der Waals surface area contributed by atoms with Gasteiger partial charge in [-0.2, -0.15) is 15.6 Å².